The van der Waals surface area contributed by atoms with Gasteiger partial charge in [-0.1, -0.05) is 54.6 Å². The molecule has 11 heteroatoms. The van der Waals surface area contributed by atoms with E-state index < -0.39 is 23.5 Å². The number of nitrogens with zero attached hydrogens (tertiary/aromatic N) is 5. The van der Waals surface area contributed by atoms with Crippen molar-refractivity contribution in [3.8, 4) is 45.8 Å². The zero-order chi connectivity index (χ0) is 40.5. The third-order valence-corrected chi connectivity index (χ3v) is 10.4. The molecule has 0 bridgehead atoms. The molecule has 9 aromatic rings. The molecule has 0 saturated carbocycles. The number of hydrogen-bond donors (Lipinski definition) is 0. The summed E-state index contributed by atoms with van der Waals surface area (Å²) in [4.78, 5) is 3.62. The standard InChI is InChI=1S/C47H23F6N5/c1-56-33-15-18-42-37(24-33)35-9-3-4-10-39(35)57(42)43-17-14-28(30-20-31(46(48,49)50)23-32(21-30)47(51,52)53)22-38(43)45-29(26-55)7-6-12-44(45)58-40-11-5-2-8-34(40)36-19-27(25-54)13-16-41(36)58/h2-24H. The second kappa shape index (κ2) is 13.2. The smallest absolute Gasteiger partial charge is 0.309 e. The molecule has 0 radical (unpaired) electrons. The molecule has 5 nitrogen and oxygen atoms in total. The van der Waals surface area contributed by atoms with Gasteiger partial charge in [-0.2, -0.15) is 36.9 Å². The Hall–Kier alpha value is -7.81. The number of aromatic nitrogens is 2. The summed E-state index contributed by atoms with van der Waals surface area (Å²) in [5.41, 5.74) is 2.34. The van der Waals surface area contributed by atoms with Crippen molar-refractivity contribution in [1.82, 2.24) is 9.13 Å². The van der Waals surface area contributed by atoms with Crippen molar-refractivity contribution < 1.29 is 26.3 Å². The van der Waals surface area contributed by atoms with E-state index in [1.165, 1.54) is 12.1 Å². The SMILES string of the molecule is [C-]#[N+]c1ccc2c(c1)c1ccccc1n2-c1ccc(-c2cc(C(F)(F)F)cc(C(F)(F)F)c2)cc1-c1c(C#N)cccc1-n1c2ccccc2c2cc(C#N)ccc21. The van der Waals surface area contributed by atoms with Crippen molar-refractivity contribution in [2.75, 3.05) is 0 Å². The fourth-order valence-electron chi connectivity index (χ4n) is 7.93. The summed E-state index contributed by atoms with van der Waals surface area (Å²) in [7, 11) is 0. The normalized spacial score (nSPS) is 11.9. The molecule has 58 heavy (non-hydrogen) atoms. The summed E-state index contributed by atoms with van der Waals surface area (Å²) in [5.74, 6) is 0. The Kier molecular flexibility index (Phi) is 8.13. The largest absolute Gasteiger partial charge is 0.416 e. The van der Waals surface area contributed by atoms with Gasteiger partial charge in [-0.15, -0.1) is 0 Å². The molecule has 0 amide bonds. The van der Waals surface area contributed by atoms with E-state index >= 15 is 0 Å². The molecule has 0 saturated heterocycles. The molecule has 0 aliphatic rings. The van der Waals surface area contributed by atoms with E-state index in [4.69, 9.17) is 6.57 Å². The van der Waals surface area contributed by atoms with Crippen molar-refractivity contribution in [2.45, 2.75) is 12.4 Å². The first-order chi connectivity index (χ1) is 27.9. The first kappa shape index (κ1) is 35.9. The quantitative estimate of drug-likeness (QED) is 0.132. The molecule has 0 aliphatic carbocycles. The zero-order valence-electron chi connectivity index (χ0n) is 29.8. The van der Waals surface area contributed by atoms with E-state index in [2.05, 4.69) is 17.0 Å². The van der Waals surface area contributed by atoms with Gasteiger partial charge in [0.25, 0.3) is 0 Å². The Bertz CT molecular complexity index is 3280. The van der Waals surface area contributed by atoms with Crippen LogP contribution in [-0.4, -0.2) is 9.13 Å². The first-order valence-corrected chi connectivity index (χ1v) is 17.7. The molecular formula is C47H23F6N5. The summed E-state index contributed by atoms with van der Waals surface area (Å²) in [6.45, 7) is 7.66. The van der Waals surface area contributed by atoms with Crippen molar-refractivity contribution >= 4 is 49.3 Å². The Morgan fingerprint density at radius 1 is 0.500 bits per heavy atom. The number of para-hydroxylation sites is 2. The number of hydrogen-bond acceptors (Lipinski definition) is 2. The van der Waals surface area contributed by atoms with Crippen LogP contribution in [0.3, 0.4) is 0 Å². The van der Waals surface area contributed by atoms with E-state index in [9.17, 15) is 36.9 Å². The molecule has 0 N–H and O–H groups in total. The molecule has 0 fully saturated rings. The highest BCUT2D eigenvalue weighted by Crippen LogP contribution is 2.45. The molecule has 278 valence electrons. The minimum atomic E-state index is -5.07. The highest BCUT2D eigenvalue weighted by Gasteiger charge is 2.37. The molecule has 7 aromatic carbocycles. The van der Waals surface area contributed by atoms with Gasteiger partial charge < -0.3 is 9.13 Å². The Morgan fingerprint density at radius 2 is 1.09 bits per heavy atom. The second-order valence-electron chi connectivity index (χ2n) is 13.7. The number of alkyl halides is 6. The molecule has 0 aliphatic heterocycles. The van der Waals surface area contributed by atoms with Gasteiger partial charge in [0.05, 0.1) is 74.4 Å². The summed E-state index contributed by atoms with van der Waals surface area (Å²) in [6.07, 6.45) is -10.1. The van der Waals surface area contributed by atoms with E-state index in [0.29, 0.717) is 62.4 Å². The third-order valence-electron chi connectivity index (χ3n) is 10.4. The summed E-state index contributed by atoms with van der Waals surface area (Å²) in [6, 6.07) is 41.2. The number of nitriles is 2. The molecule has 0 atom stereocenters. The van der Waals surface area contributed by atoms with Crippen molar-refractivity contribution in [2.24, 2.45) is 0 Å². The minimum absolute atomic E-state index is 0.0472. The molecular weight excluding hydrogens is 749 g/mol. The van der Waals surface area contributed by atoms with Crippen molar-refractivity contribution in [3.63, 3.8) is 0 Å². The molecule has 0 unspecified atom stereocenters. The van der Waals surface area contributed by atoms with Crippen LogP contribution in [0.25, 0.3) is 82.1 Å². The van der Waals surface area contributed by atoms with Crippen LogP contribution in [0.5, 0.6) is 0 Å². The summed E-state index contributed by atoms with van der Waals surface area (Å²) < 4.78 is 88.8. The number of benzene rings is 7. The van der Waals surface area contributed by atoms with Gasteiger partial charge in [-0.3, -0.25) is 0 Å². The maximum absolute atomic E-state index is 14.2. The monoisotopic (exact) mass is 771 g/mol. The van der Waals surface area contributed by atoms with E-state index in [1.54, 1.807) is 60.7 Å². The van der Waals surface area contributed by atoms with E-state index in [1.807, 2.05) is 57.7 Å². The fraction of sp³-hybridized carbons (Fsp3) is 0.0426. The second-order valence-corrected chi connectivity index (χ2v) is 13.7. The van der Waals surface area contributed by atoms with Gasteiger partial charge in [0, 0.05) is 27.3 Å². The Balaban J connectivity index is 1.44. The fourth-order valence-corrected chi connectivity index (χ4v) is 7.93. The molecule has 9 rings (SSSR count). The maximum atomic E-state index is 14.2. The maximum Gasteiger partial charge on any atom is 0.416 e. The molecule has 2 aromatic heterocycles. The van der Waals surface area contributed by atoms with Gasteiger partial charge in [0.1, 0.15) is 0 Å². The Morgan fingerprint density at radius 3 is 1.69 bits per heavy atom. The lowest BCUT2D eigenvalue weighted by molar-refractivity contribution is -0.143. The van der Waals surface area contributed by atoms with Gasteiger partial charge >= 0.3 is 12.4 Å². The van der Waals surface area contributed by atoms with Crippen LogP contribution in [0.15, 0.2) is 140 Å². The van der Waals surface area contributed by atoms with Crippen LogP contribution in [-0.2, 0) is 12.4 Å². The highest BCUT2D eigenvalue weighted by atomic mass is 19.4. The van der Waals surface area contributed by atoms with Crippen LogP contribution in [0, 0.1) is 29.2 Å². The van der Waals surface area contributed by atoms with Crippen LogP contribution in [0.2, 0.25) is 0 Å². The zero-order valence-corrected chi connectivity index (χ0v) is 29.8. The van der Waals surface area contributed by atoms with Crippen molar-refractivity contribution in [1.29, 1.82) is 10.5 Å². The minimum Gasteiger partial charge on any atom is -0.309 e. The van der Waals surface area contributed by atoms with E-state index in [-0.39, 0.29) is 22.8 Å². The topological polar surface area (TPSA) is 61.8 Å². The van der Waals surface area contributed by atoms with Gasteiger partial charge in [-0.25, -0.2) is 4.85 Å². The lowest BCUT2D eigenvalue weighted by atomic mass is 9.91. The number of rotatable bonds is 4. The van der Waals surface area contributed by atoms with E-state index in [0.717, 1.165) is 27.1 Å². The predicted octanol–water partition coefficient (Wildman–Crippen LogP) is 13.5. The lowest BCUT2D eigenvalue weighted by Gasteiger charge is -2.21. The predicted molar refractivity (Wildman–Crippen MR) is 212 cm³/mol. The van der Waals surface area contributed by atoms with Crippen molar-refractivity contribution in [3.05, 3.63) is 173 Å². The van der Waals surface area contributed by atoms with Crippen LogP contribution >= 0.6 is 0 Å². The van der Waals surface area contributed by atoms with Crippen LogP contribution in [0.4, 0.5) is 32.0 Å². The Labute approximate surface area is 325 Å². The van der Waals surface area contributed by atoms with Gasteiger partial charge in [-0.05, 0) is 101 Å². The number of halogens is 6. The first-order valence-electron chi connectivity index (χ1n) is 17.7. The molecule has 0 spiro atoms. The number of fused-ring (bicyclic) bond motifs is 6. The lowest BCUT2D eigenvalue weighted by Crippen LogP contribution is -2.11. The van der Waals surface area contributed by atoms with Gasteiger partial charge in [0.2, 0.25) is 0 Å². The third kappa shape index (κ3) is 5.70. The average molecular weight is 772 g/mol. The molecule has 2 heterocycles. The van der Waals surface area contributed by atoms with Gasteiger partial charge in [0.15, 0.2) is 5.69 Å². The van der Waals surface area contributed by atoms with Crippen LogP contribution in [0.1, 0.15) is 22.3 Å². The highest BCUT2D eigenvalue weighted by molar-refractivity contribution is 6.12. The summed E-state index contributed by atoms with van der Waals surface area (Å²) >= 11 is 0. The van der Waals surface area contributed by atoms with Crippen LogP contribution < -0.4 is 0 Å². The average Bonchev–Trinajstić information content (AvgIpc) is 3.74. The summed E-state index contributed by atoms with van der Waals surface area (Å²) in [5, 5.41) is 23.7.